The van der Waals surface area contributed by atoms with Crippen molar-refractivity contribution in [2.45, 2.75) is 6.42 Å². The number of hydrogen-bond donors (Lipinski definition) is 1. The molecule has 4 heteroatoms. The Labute approximate surface area is 110 Å². The molecule has 2 nitrogen and oxygen atoms in total. The molecule has 2 aromatic rings. The van der Waals surface area contributed by atoms with E-state index in [2.05, 4.69) is 11.0 Å². The molecule has 18 heavy (non-hydrogen) atoms. The van der Waals surface area contributed by atoms with Crippen LogP contribution in [0.4, 0.5) is 21.5 Å². The quantitative estimate of drug-likeness (QED) is 0.793. The fourth-order valence-electron chi connectivity index (χ4n) is 2.37. The first-order chi connectivity index (χ1) is 8.66. The van der Waals surface area contributed by atoms with E-state index in [4.69, 9.17) is 17.3 Å². The van der Waals surface area contributed by atoms with Crippen molar-refractivity contribution in [2.75, 3.05) is 17.2 Å². The zero-order chi connectivity index (χ0) is 12.7. The third-order valence-electron chi connectivity index (χ3n) is 3.25. The van der Waals surface area contributed by atoms with Crippen LogP contribution in [-0.2, 0) is 6.42 Å². The summed E-state index contributed by atoms with van der Waals surface area (Å²) in [5.74, 6) is -0.481. The molecule has 3 rings (SSSR count). The van der Waals surface area contributed by atoms with E-state index in [9.17, 15) is 4.39 Å². The Morgan fingerprint density at radius 3 is 2.78 bits per heavy atom. The first kappa shape index (κ1) is 11.4. The summed E-state index contributed by atoms with van der Waals surface area (Å²) in [6.45, 7) is 0.839. The van der Waals surface area contributed by atoms with Crippen LogP contribution >= 0.6 is 11.6 Å². The molecule has 0 amide bonds. The van der Waals surface area contributed by atoms with Gasteiger partial charge in [-0.25, -0.2) is 4.39 Å². The smallest absolute Gasteiger partial charge is 0.143 e. The first-order valence-electron chi connectivity index (χ1n) is 5.77. The summed E-state index contributed by atoms with van der Waals surface area (Å²) in [6.07, 6.45) is 0.963. The van der Waals surface area contributed by atoms with E-state index in [1.165, 1.54) is 11.6 Å². The summed E-state index contributed by atoms with van der Waals surface area (Å²) in [5, 5.41) is 0.101. The molecular formula is C14H12ClFN2. The largest absolute Gasteiger partial charge is 0.397 e. The Kier molecular flexibility index (Phi) is 2.63. The molecule has 0 spiro atoms. The van der Waals surface area contributed by atoms with Gasteiger partial charge in [0.25, 0.3) is 0 Å². The summed E-state index contributed by atoms with van der Waals surface area (Å²) in [5.41, 5.74) is 9.46. The van der Waals surface area contributed by atoms with Gasteiger partial charge in [-0.3, -0.25) is 0 Å². The van der Waals surface area contributed by atoms with Crippen LogP contribution in [0, 0.1) is 5.82 Å². The van der Waals surface area contributed by atoms with Gasteiger partial charge in [0.1, 0.15) is 5.82 Å². The van der Waals surface area contributed by atoms with Gasteiger partial charge in [0, 0.05) is 18.3 Å². The Morgan fingerprint density at radius 2 is 1.94 bits per heavy atom. The van der Waals surface area contributed by atoms with Gasteiger partial charge in [0.05, 0.1) is 16.4 Å². The Hall–Kier alpha value is -1.74. The van der Waals surface area contributed by atoms with E-state index in [-0.39, 0.29) is 5.02 Å². The summed E-state index contributed by atoms with van der Waals surface area (Å²) >= 11 is 5.83. The summed E-state index contributed by atoms with van der Waals surface area (Å²) in [7, 11) is 0. The lowest BCUT2D eigenvalue weighted by Crippen LogP contribution is -2.15. The van der Waals surface area contributed by atoms with Crippen LogP contribution in [0.3, 0.4) is 0 Å². The average Bonchev–Trinajstić information content (AvgIpc) is 2.78. The first-order valence-corrected chi connectivity index (χ1v) is 6.14. The van der Waals surface area contributed by atoms with Crippen molar-refractivity contribution in [1.82, 2.24) is 0 Å². The molecule has 0 fully saturated rings. The van der Waals surface area contributed by atoms with E-state index in [0.29, 0.717) is 5.69 Å². The third kappa shape index (κ3) is 1.71. The second kappa shape index (κ2) is 4.18. The molecule has 0 bridgehead atoms. The summed E-state index contributed by atoms with van der Waals surface area (Å²) in [4.78, 5) is 2.08. The van der Waals surface area contributed by atoms with Crippen LogP contribution in [0.25, 0.3) is 0 Å². The number of nitrogens with two attached hydrogens (primary N) is 1. The highest BCUT2D eigenvalue weighted by Crippen LogP contribution is 2.39. The number of benzene rings is 2. The van der Waals surface area contributed by atoms with E-state index in [1.54, 1.807) is 6.07 Å². The number of nitrogens with zero attached hydrogens (tertiary/aromatic N) is 1. The van der Waals surface area contributed by atoms with Gasteiger partial charge < -0.3 is 10.6 Å². The van der Waals surface area contributed by atoms with Crippen LogP contribution in [0.5, 0.6) is 0 Å². The maximum absolute atomic E-state index is 13.3. The number of hydrogen-bond acceptors (Lipinski definition) is 2. The van der Waals surface area contributed by atoms with Gasteiger partial charge in [0.15, 0.2) is 0 Å². The molecule has 0 unspecified atom stereocenters. The minimum Gasteiger partial charge on any atom is -0.397 e. The van der Waals surface area contributed by atoms with Gasteiger partial charge in [-0.2, -0.15) is 0 Å². The normalized spacial score (nSPS) is 13.8. The van der Waals surface area contributed by atoms with Crippen LogP contribution in [0.15, 0.2) is 36.4 Å². The average molecular weight is 263 g/mol. The Balaban J connectivity index is 2.10. The van der Waals surface area contributed by atoms with E-state index < -0.39 is 5.82 Å². The van der Waals surface area contributed by atoms with E-state index >= 15 is 0 Å². The molecule has 92 valence electrons. The van der Waals surface area contributed by atoms with Crippen LogP contribution < -0.4 is 10.6 Å². The second-order valence-electron chi connectivity index (χ2n) is 4.36. The lowest BCUT2D eigenvalue weighted by Gasteiger charge is -2.21. The Bertz CT molecular complexity index is 613. The number of nitrogen functional groups attached to an aromatic ring is 1. The molecule has 2 aromatic carbocycles. The fourth-order valence-corrected chi connectivity index (χ4v) is 2.53. The molecule has 0 aliphatic carbocycles. The van der Waals surface area contributed by atoms with Crippen molar-refractivity contribution in [1.29, 1.82) is 0 Å². The summed E-state index contributed by atoms with van der Waals surface area (Å²) in [6, 6.07) is 11.0. The van der Waals surface area contributed by atoms with Gasteiger partial charge in [-0.05, 0) is 24.1 Å². The molecule has 0 atom stereocenters. The number of fused-ring (bicyclic) bond motifs is 1. The van der Waals surface area contributed by atoms with Crippen LogP contribution in [0.2, 0.25) is 5.02 Å². The van der Waals surface area contributed by atoms with Gasteiger partial charge in [-0.15, -0.1) is 0 Å². The molecule has 1 aliphatic heterocycles. The van der Waals surface area contributed by atoms with Gasteiger partial charge in [0.2, 0.25) is 0 Å². The molecule has 0 saturated carbocycles. The molecular weight excluding hydrogens is 251 g/mol. The maximum Gasteiger partial charge on any atom is 0.143 e. The number of halogens is 2. The predicted octanol–water partition coefficient (Wildman–Crippen LogP) is 3.76. The van der Waals surface area contributed by atoms with E-state index in [1.807, 2.05) is 18.2 Å². The molecule has 0 saturated heterocycles. The van der Waals surface area contributed by atoms with Crippen molar-refractivity contribution in [3.8, 4) is 0 Å². The standard InChI is InChI=1S/C14H12ClFN2/c15-10-7-14(12(17)8-11(10)16)18-6-5-9-3-1-2-4-13(9)18/h1-4,7-8H,5-6,17H2. The summed E-state index contributed by atoms with van der Waals surface area (Å²) < 4.78 is 13.3. The molecule has 0 radical (unpaired) electrons. The van der Waals surface area contributed by atoms with E-state index in [0.717, 1.165) is 24.3 Å². The van der Waals surface area contributed by atoms with Crippen LogP contribution in [-0.4, -0.2) is 6.54 Å². The lowest BCUT2D eigenvalue weighted by molar-refractivity contribution is 0.629. The second-order valence-corrected chi connectivity index (χ2v) is 4.76. The SMILES string of the molecule is Nc1cc(F)c(Cl)cc1N1CCc2ccccc21. The molecule has 1 heterocycles. The predicted molar refractivity (Wildman–Crippen MR) is 73.0 cm³/mol. The zero-order valence-corrected chi connectivity index (χ0v) is 10.4. The molecule has 2 N–H and O–H groups in total. The zero-order valence-electron chi connectivity index (χ0n) is 9.66. The third-order valence-corrected chi connectivity index (χ3v) is 3.54. The van der Waals surface area contributed by atoms with Crippen LogP contribution in [0.1, 0.15) is 5.56 Å². The van der Waals surface area contributed by atoms with Crippen molar-refractivity contribution in [2.24, 2.45) is 0 Å². The highest BCUT2D eigenvalue weighted by Gasteiger charge is 2.22. The highest BCUT2D eigenvalue weighted by molar-refractivity contribution is 6.31. The Morgan fingerprint density at radius 1 is 1.17 bits per heavy atom. The van der Waals surface area contributed by atoms with Crippen molar-refractivity contribution >= 4 is 28.7 Å². The van der Waals surface area contributed by atoms with Crippen molar-refractivity contribution in [3.63, 3.8) is 0 Å². The minimum absolute atomic E-state index is 0.101. The monoisotopic (exact) mass is 262 g/mol. The molecule has 0 aromatic heterocycles. The maximum atomic E-state index is 13.3. The van der Waals surface area contributed by atoms with Crippen molar-refractivity contribution in [3.05, 3.63) is 52.8 Å². The highest BCUT2D eigenvalue weighted by atomic mass is 35.5. The molecule has 1 aliphatic rings. The number of para-hydroxylation sites is 1. The van der Waals surface area contributed by atoms with Gasteiger partial charge in [-0.1, -0.05) is 29.8 Å². The fraction of sp³-hybridized carbons (Fsp3) is 0.143. The minimum atomic E-state index is -0.481. The van der Waals surface area contributed by atoms with Gasteiger partial charge >= 0.3 is 0 Å². The lowest BCUT2D eigenvalue weighted by atomic mass is 10.2. The number of anilines is 3. The topological polar surface area (TPSA) is 29.3 Å². The number of rotatable bonds is 1. The van der Waals surface area contributed by atoms with Crippen molar-refractivity contribution < 1.29 is 4.39 Å².